The minimum absolute atomic E-state index is 0.238. The number of hydrogen-bond acceptors (Lipinski definition) is 5. The van der Waals surface area contributed by atoms with Gasteiger partial charge in [0.05, 0.1) is 4.92 Å². The zero-order chi connectivity index (χ0) is 13.9. The monoisotopic (exact) mass is 254 g/mol. The summed E-state index contributed by atoms with van der Waals surface area (Å²) in [6, 6.07) is 3.77. The Kier molecular flexibility index (Phi) is 3.87. The number of amides is 1. The molecule has 0 bridgehead atoms. The first-order chi connectivity index (χ1) is 8.29. The lowest BCUT2D eigenvalue weighted by molar-refractivity contribution is -0.384. The second kappa shape index (κ2) is 5.01. The van der Waals surface area contributed by atoms with Crippen molar-refractivity contribution in [3.05, 3.63) is 28.3 Å². The molecule has 2 N–H and O–H groups in total. The molecular weight excluding hydrogens is 240 g/mol. The van der Waals surface area contributed by atoms with Gasteiger partial charge in [0.15, 0.2) is 5.69 Å². The maximum absolute atomic E-state index is 11.8. The van der Waals surface area contributed by atoms with Crippen LogP contribution in [0.3, 0.4) is 0 Å². The number of nitro groups is 1. The van der Waals surface area contributed by atoms with Crippen LogP contribution in [-0.2, 0) is 9.53 Å². The summed E-state index contributed by atoms with van der Waals surface area (Å²) in [6.07, 6.45) is 0. The van der Waals surface area contributed by atoms with Crippen LogP contribution in [0, 0.1) is 10.1 Å². The Hall–Kier alpha value is -2.15. The third kappa shape index (κ3) is 2.75. The number of para-hydroxylation sites is 1. The number of anilines is 1. The van der Waals surface area contributed by atoms with Gasteiger partial charge in [-0.2, -0.15) is 0 Å². The zero-order valence-electron chi connectivity index (χ0n) is 10.3. The van der Waals surface area contributed by atoms with E-state index in [1.807, 2.05) is 0 Å². The van der Waals surface area contributed by atoms with Crippen molar-refractivity contribution in [3.8, 4) is 5.75 Å². The molecule has 0 aliphatic heterocycles. The van der Waals surface area contributed by atoms with Crippen LogP contribution in [0.15, 0.2) is 18.2 Å². The molecule has 0 radical (unpaired) electrons. The molecule has 7 heteroatoms. The van der Waals surface area contributed by atoms with Gasteiger partial charge < -0.3 is 15.2 Å². The number of aromatic hydroxyl groups is 1. The molecule has 0 saturated carbocycles. The Morgan fingerprint density at radius 3 is 2.61 bits per heavy atom. The fourth-order valence-electron chi connectivity index (χ4n) is 1.17. The molecule has 0 saturated heterocycles. The Morgan fingerprint density at radius 2 is 2.11 bits per heavy atom. The highest BCUT2D eigenvalue weighted by Gasteiger charge is 2.30. The minimum Gasteiger partial charge on any atom is -0.505 e. The average molecular weight is 254 g/mol. The van der Waals surface area contributed by atoms with E-state index in [9.17, 15) is 20.0 Å². The standard InChI is InChI=1S/C11H14N2O5/c1-11(2,18-3)10(15)12-9-7(13(16)17)5-4-6-8(9)14/h4-6,14H,1-3H3,(H,12,15). The molecule has 18 heavy (non-hydrogen) atoms. The number of methoxy groups -OCH3 is 1. The van der Waals surface area contributed by atoms with Gasteiger partial charge >= 0.3 is 0 Å². The maximum atomic E-state index is 11.8. The van der Waals surface area contributed by atoms with Gasteiger partial charge in [0.1, 0.15) is 11.4 Å². The highest BCUT2D eigenvalue weighted by atomic mass is 16.6. The summed E-state index contributed by atoms with van der Waals surface area (Å²) >= 11 is 0. The summed E-state index contributed by atoms with van der Waals surface area (Å²) in [6.45, 7) is 3.02. The van der Waals surface area contributed by atoms with Crippen LogP contribution in [0.4, 0.5) is 11.4 Å². The number of nitrogens with one attached hydrogen (secondary N) is 1. The summed E-state index contributed by atoms with van der Waals surface area (Å²) in [5.41, 5.74) is -1.77. The van der Waals surface area contributed by atoms with Crippen LogP contribution < -0.4 is 5.32 Å². The third-order valence-corrected chi connectivity index (χ3v) is 2.51. The number of phenolic OH excluding ortho intramolecular Hbond substituents is 1. The van der Waals surface area contributed by atoms with E-state index < -0.39 is 16.4 Å². The molecule has 1 aromatic rings. The number of carbonyl (C=O) groups is 1. The predicted molar refractivity (Wildman–Crippen MR) is 64.5 cm³/mol. The first kappa shape index (κ1) is 13.9. The first-order valence-corrected chi connectivity index (χ1v) is 5.12. The van der Waals surface area contributed by atoms with Gasteiger partial charge in [-0.05, 0) is 19.9 Å². The largest absolute Gasteiger partial charge is 0.505 e. The van der Waals surface area contributed by atoms with E-state index in [-0.39, 0.29) is 17.1 Å². The maximum Gasteiger partial charge on any atom is 0.296 e. The lowest BCUT2D eigenvalue weighted by Crippen LogP contribution is -2.38. The van der Waals surface area contributed by atoms with Crippen molar-refractivity contribution in [1.82, 2.24) is 0 Å². The SMILES string of the molecule is COC(C)(C)C(=O)Nc1c(O)cccc1[N+](=O)[O-]. The fraction of sp³-hybridized carbons (Fsp3) is 0.364. The Morgan fingerprint density at radius 1 is 1.50 bits per heavy atom. The van der Waals surface area contributed by atoms with Gasteiger partial charge in [-0.15, -0.1) is 0 Å². The molecule has 0 heterocycles. The number of phenols is 1. The molecule has 0 spiro atoms. The van der Waals surface area contributed by atoms with Crippen molar-refractivity contribution in [2.24, 2.45) is 0 Å². The van der Waals surface area contributed by atoms with E-state index >= 15 is 0 Å². The van der Waals surface area contributed by atoms with E-state index in [2.05, 4.69) is 5.32 Å². The molecule has 0 fully saturated rings. The number of benzene rings is 1. The van der Waals surface area contributed by atoms with Crippen LogP contribution in [0.25, 0.3) is 0 Å². The molecule has 7 nitrogen and oxygen atoms in total. The average Bonchev–Trinajstić information content (AvgIpc) is 2.31. The number of carbonyl (C=O) groups excluding carboxylic acids is 1. The molecule has 98 valence electrons. The molecule has 0 unspecified atom stereocenters. The Labute approximate surface area is 104 Å². The van der Waals surface area contributed by atoms with Gasteiger partial charge in [0.25, 0.3) is 11.6 Å². The van der Waals surface area contributed by atoms with Gasteiger partial charge in [-0.25, -0.2) is 0 Å². The number of nitro benzene ring substituents is 1. The van der Waals surface area contributed by atoms with Gasteiger partial charge in [-0.1, -0.05) is 6.07 Å². The van der Waals surface area contributed by atoms with Crippen molar-refractivity contribution >= 4 is 17.3 Å². The molecule has 1 amide bonds. The summed E-state index contributed by atoms with van der Waals surface area (Å²) < 4.78 is 4.95. The summed E-state index contributed by atoms with van der Waals surface area (Å²) in [5.74, 6) is -0.959. The van der Waals surface area contributed by atoms with Crippen molar-refractivity contribution in [2.75, 3.05) is 12.4 Å². The van der Waals surface area contributed by atoms with Crippen LogP contribution in [0.2, 0.25) is 0 Å². The molecule has 1 aromatic carbocycles. The van der Waals surface area contributed by atoms with Crippen LogP contribution in [0.1, 0.15) is 13.8 Å². The zero-order valence-corrected chi connectivity index (χ0v) is 10.3. The number of rotatable bonds is 4. The van der Waals surface area contributed by atoms with Crippen molar-refractivity contribution < 1.29 is 19.6 Å². The fourth-order valence-corrected chi connectivity index (χ4v) is 1.17. The molecular formula is C11H14N2O5. The number of hydrogen-bond donors (Lipinski definition) is 2. The van der Waals surface area contributed by atoms with Crippen LogP contribution in [-0.4, -0.2) is 28.6 Å². The third-order valence-electron chi connectivity index (χ3n) is 2.51. The second-order valence-corrected chi connectivity index (χ2v) is 4.10. The normalized spacial score (nSPS) is 11.1. The molecule has 1 rings (SSSR count). The lowest BCUT2D eigenvalue weighted by atomic mass is 10.1. The molecule has 0 aromatic heterocycles. The second-order valence-electron chi connectivity index (χ2n) is 4.10. The Bertz CT molecular complexity index is 484. The van der Waals surface area contributed by atoms with Gasteiger partial charge in [0, 0.05) is 13.2 Å². The minimum atomic E-state index is -1.16. The first-order valence-electron chi connectivity index (χ1n) is 5.12. The lowest BCUT2D eigenvalue weighted by Gasteiger charge is -2.21. The van der Waals surface area contributed by atoms with Crippen molar-refractivity contribution in [1.29, 1.82) is 0 Å². The molecule has 0 atom stereocenters. The van der Waals surface area contributed by atoms with E-state index in [1.165, 1.54) is 39.2 Å². The quantitative estimate of drug-likeness (QED) is 0.483. The van der Waals surface area contributed by atoms with Crippen LogP contribution in [0.5, 0.6) is 5.75 Å². The van der Waals surface area contributed by atoms with Crippen molar-refractivity contribution in [2.45, 2.75) is 19.4 Å². The highest BCUT2D eigenvalue weighted by molar-refractivity contribution is 5.99. The number of ether oxygens (including phenoxy) is 1. The van der Waals surface area contributed by atoms with E-state index in [0.29, 0.717) is 0 Å². The summed E-state index contributed by atoms with van der Waals surface area (Å²) in [4.78, 5) is 21.9. The highest BCUT2D eigenvalue weighted by Crippen LogP contribution is 2.33. The Balaban J connectivity index is 3.12. The van der Waals surface area contributed by atoms with Crippen LogP contribution >= 0.6 is 0 Å². The summed E-state index contributed by atoms with van der Waals surface area (Å²) in [7, 11) is 1.35. The molecule has 0 aliphatic rings. The predicted octanol–water partition coefficient (Wildman–Crippen LogP) is 1.66. The number of nitrogens with zero attached hydrogens (tertiary/aromatic N) is 1. The van der Waals surface area contributed by atoms with E-state index in [4.69, 9.17) is 4.74 Å². The van der Waals surface area contributed by atoms with Crippen molar-refractivity contribution in [3.63, 3.8) is 0 Å². The van der Waals surface area contributed by atoms with E-state index in [1.54, 1.807) is 0 Å². The van der Waals surface area contributed by atoms with E-state index in [0.717, 1.165) is 0 Å². The molecule has 0 aliphatic carbocycles. The van der Waals surface area contributed by atoms with Gasteiger partial charge in [-0.3, -0.25) is 14.9 Å². The van der Waals surface area contributed by atoms with Gasteiger partial charge in [0.2, 0.25) is 0 Å². The summed E-state index contributed by atoms with van der Waals surface area (Å²) in [5, 5.41) is 22.6. The smallest absolute Gasteiger partial charge is 0.296 e. The topological polar surface area (TPSA) is 102 Å².